The number of benzene rings is 1. The highest BCUT2D eigenvalue weighted by molar-refractivity contribution is 7.86. The maximum atomic E-state index is 11.4. The lowest BCUT2D eigenvalue weighted by Gasteiger charge is -2.30. The van der Waals surface area contributed by atoms with Gasteiger partial charge in [0.15, 0.2) is 0 Å². The predicted molar refractivity (Wildman–Crippen MR) is 70.9 cm³/mol. The largest absolute Gasteiger partial charge is 0.388 e. The Hall–Kier alpha value is -1.31. The second-order valence-corrected chi connectivity index (χ2v) is 5.53. The first kappa shape index (κ1) is 13.1. The van der Waals surface area contributed by atoms with Crippen LogP contribution in [0.5, 0.6) is 0 Å². The van der Waals surface area contributed by atoms with Gasteiger partial charge in [0.25, 0.3) is 10.1 Å². The molecule has 3 N–H and O–H groups in total. The fourth-order valence-electron chi connectivity index (χ4n) is 2.04. The van der Waals surface area contributed by atoms with Crippen molar-refractivity contribution in [1.82, 2.24) is 5.32 Å². The molecule has 1 fully saturated rings. The van der Waals surface area contributed by atoms with Crippen LogP contribution >= 0.6 is 0 Å². The van der Waals surface area contributed by atoms with E-state index in [-0.39, 0.29) is 4.90 Å². The Labute approximate surface area is 107 Å². The normalized spacial score (nSPS) is 16.7. The summed E-state index contributed by atoms with van der Waals surface area (Å²) in [7, 11) is -2.52. The van der Waals surface area contributed by atoms with E-state index in [1.807, 2.05) is 4.90 Å². The van der Waals surface area contributed by atoms with E-state index in [0.717, 1.165) is 26.2 Å². The van der Waals surface area contributed by atoms with Crippen molar-refractivity contribution in [2.75, 3.05) is 43.4 Å². The maximum absolute atomic E-state index is 11.4. The topological polar surface area (TPSA) is 81.7 Å². The second kappa shape index (κ2) is 5.13. The monoisotopic (exact) mass is 271 g/mol. The number of rotatable bonds is 3. The quantitative estimate of drug-likeness (QED) is 0.690. The van der Waals surface area contributed by atoms with Crippen LogP contribution in [-0.2, 0) is 10.1 Å². The number of nitrogens with one attached hydrogen (secondary N) is 2. The third-order valence-electron chi connectivity index (χ3n) is 2.98. The van der Waals surface area contributed by atoms with E-state index in [1.54, 1.807) is 19.2 Å². The lowest BCUT2D eigenvalue weighted by atomic mass is 10.2. The van der Waals surface area contributed by atoms with Gasteiger partial charge in [-0.05, 0) is 18.2 Å². The van der Waals surface area contributed by atoms with Crippen LogP contribution in [0.3, 0.4) is 0 Å². The van der Waals surface area contributed by atoms with Crippen LogP contribution in [0, 0.1) is 0 Å². The molecule has 7 heteroatoms. The molecule has 0 saturated carbocycles. The molecule has 0 bridgehead atoms. The summed E-state index contributed by atoms with van der Waals surface area (Å²) in [6, 6.07) is 4.97. The smallest absolute Gasteiger partial charge is 0.296 e. The third-order valence-corrected chi connectivity index (χ3v) is 3.87. The van der Waals surface area contributed by atoms with Gasteiger partial charge in [-0.25, -0.2) is 0 Å². The summed E-state index contributed by atoms with van der Waals surface area (Å²) in [4.78, 5) is 1.91. The zero-order valence-electron chi connectivity index (χ0n) is 10.2. The minimum absolute atomic E-state index is 0.0451. The standard InChI is InChI=1S/C11H17N3O3S/c1-12-9-2-3-10(11(8-9)18(15,16)17)14-6-4-13-5-7-14/h2-3,8,12-13H,4-7H2,1H3,(H,15,16,17). The lowest BCUT2D eigenvalue weighted by Crippen LogP contribution is -2.44. The highest BCUT2D eigenvalue weighted by Crippen LogP contribution is 2.28. The van der Waals surface area contributed by atoms with Crippen LogP contribution in [0.1, 0.15) is 0 Å². The molecule has 0 aromatic heterocycles. The van der Waals surface area contributed by atoms with Gasteiger partial charge in [0.2, 0.25) is 0 Å². The van der Waals surface area contributed by atoms with Crippen molar-refractivity contribution >= 4 is 21.5 Å². The van der Waals surface area contributed by atoms with E-state index in [0.29, 0.717) is 11.4 Å². The van der Waals surface area contributed by atoms with E-state index < -0.39 is 10.1 Å². The van der Waals surface area contributed by atoms with Crippen molar-refractivity contribution in [3.8, 4) is 0 Å². The van der Waals surface area contributed by atoms with Crippen LogP contribution in [0.2, 0.25) is 0 Å². The fourth-order valence-corrected chi connectivity index (χ4v) is 2.78. The Morgan fingerprint density at radius 1 is 1.33 bits per heavy atom. The van der Waals surface area contributed by atoms with E-state index in [2.05, 4.69) is 10.6 Å². The summed E-state index contributed by atoms with van der Waals surface area (Å²) in [6.45, 7) is 3.06. The van der Waals surface area contributed by atoms with Gasteiger partial charge in [0.1, 0.15) is 4.90 Å². The van der Waals surface area contributed by atoms with Crippen LogP contribution < -0.4 is 15.5 Å². The van der Waals surface area contributed by atoms with Crippen LogP contribution in [0.25, 0.3) is 0 Å². The minimum Gasteiger partial charge on any atom is -0.388 e. The average molecular weight is 271 g/mol. The number of nitrogens with zero attached hydrogens (tertiary/aromatic N) is 1. The first-order valence-electron chi connectivity index (χ1n) is 5.77. The molecule has 0 radical (unpaired) electrons. The molecule has 100 valence electrons. The number of piperazine rings is 1. The average Bonchev–Trinajstić information content (AvgIpc) is 2.38. The molecule has 1 aliphatic heterocycles. The molecule has 1 aromatic carbocycles. The summed E-state index contributed by atoms with van der Waals surface area (Å²) in [5.74, 6) is 0. The maximum Gasteiger partial charge on any atom is 0.296 e. The molecule has 0 aliphatic carbocycles. The second-order valence-electron chi connectivity index (χ2n) is 4.14. The Kier molecular flexibility index (Phi) is 3.74. The summed E-state index contributed by atoms with van der Waals surface area (Å²) < 4.78 is 32.2. The number of hydrogen-bond acceptors (Lipinski definition) is 5. The summed E-state index contributed by atoms with van der Waals surface area (Å²) in [5.41, 5.74) is 1.21. The Balaban J connectivity index is 2.45. The highest BCUT2D eigenvalue weighted by atomic mass is 32.2. The van der Waals surface area contributed by atoms with E-state index in [1.165, 1.54) is 6.07 Å². The van der Waals surface area contributed by atoms with Crippen molar-refractivity contribution in [1.29, 1.82) is 0 Å². The van der Waals surface area contributed by atoms with Gasteiger partial charge in [-0.3, -0.25) is 4.55 Å². The molecular formula is C11H17N3O3S. The number of anilines is 2. The predicted octanol–water partition coefficient (Wildman–Crippen LogP) is 0.385. The molecule has 1 aliphatic rings. The molecule has 2 rings (SSSR count). The van der Waals surface area contributed by atoms with Gasteiger partial charge < -0.3 is 15.5 Å². The van der Waals surface area contributed by atoms with Crippen molar-refractivity contribution in [3.63, 3.8) is 0 Å². The summed E-state index contributed by atoms with van der Waals surface area (Å²) in [6.07, 6.45) is 0. The summed E-state index contributed by atoms with van der Waals surface area (Å²) >= 11 is 0. The Bertz CT molecular complexity index is 524. The third kappa shape index (κ3) is 2.74. The molecule has 6 nitrogen and oxygen atoms in total. The Morgan fingerprint density at radius 3 is 2.56 bits per heavy atom. The highest BCUT2D eigenvalue weighted by Gasteiger charge is 2.21. The van der Waals surface area contributed by atoms with Gasteiger partial charge in [-0.1, -0.05) is 0 Å². The SMILES string of the molecule is CNc1ccc(N2CCNCC2)c(S(=O)(=O)O)c1. The molecular weight excluding hydrogens is 254 g/mol. The Morgan fingerprint density at radius 2 is 2.00 bits per heavy atom. The lowest BCUT2D eigenvalue weighted by molar-refractivity contribution is 0.482. The zero-order chi connectivity index (χ0) is 13.2. The van der Waals surface area contributed by atoms with E-state index in [9.17, 15) is 13.0 Å². The van der Waals surface area contributed by atoms with Gasteiger partial charge in [0.05, 0.1) is 5.69 Å². The van der Waals surface area contributed by atoms with E-state index in [4.69, 9.17) is 0 Å². The molecule has 0 spiro atoms. The van der Waals surface area contributed by atoms with Crippen molar-refractivity contribution in [3.05, 3.63) is 18.2 Å². The van der Waals surface area contributed by atoms with Gasteiger partial charge in [-0.2, -0.15) is 8.42 Å². The van der Waals surface area contributed by atoms with Gasteiger partial charge in [0, 0.05) is 38.9 Å². The van der Waals surface area contributed by atoms with Crippen molar-refractivity contribution in [2.45, 2.75) is 4.90 Å². The van der Waals surface area contributed by atoms with Crippen molar-refractivity contribution in [2.24, 2.45) is 0 Å². The van der Waals surface area contributed by atoms with Gasteiger partial charge in [-0.15, -0.1) is 0 Å². The molecule has 0 atom stereocenters. The van der Waals surface area contributed by atoms with Crippen LogP contribution in [0.4, 0.5) is 11.4 Å². The molecule has 1 aromatic rings. The van der Waals surface area contributed by atoms with Gasteiger partial charge >= 0.3 is 0 Å². The van der Waals surface area contributed by atoms with E-state index >= 15 is 0 Å². The number of hydrogen-bond donors (Lipinski definition) is 3. The molecule has 0 unspecified atom stereocenters. The van der Waals surface area contributed by atoms with Crippen LogP contribution in [0.15, 0.2) is 23.1 Å². The van der Waals surface area contributed by atoms with Crippen LogP contribution in [-0.4, -0.2) is 46.2 Å². The fraction of sp³-hybridized carbons (Fsp3) is 0.455. The van der Waals surface area contributed by atoms with Crippen molar-refractivity contribution < 1.29 is 13.0 Å². The molecule has 1 heterocycles. The summed E-state index contributed by atoms with van der Waals surface area (Å²) in [5, 5.41) is 6.06. The minimum atomic E-state index is -4.22. The molecule has 1 saturated heterocycles. The first-order chi connectivity index (χ1) is 8.52. The zero-order valence-corrected chi connectivity index (χ0v) is 11.0. The molecule has 18 heavy (non-hydrogen) atoms. The molecule has 0 amide bonds. The first-order valence-corrected chi connectivity index (χ1v) is 7.21.